The molecule has 2 aliphatic heterocycles. The van der Waals surface area contributed by atoms with Crippen molar-refractivity contribution in [3.8, 4) is 5.75 Å². The first-order valence-corrected chi connectivity index (χ1v) is 9.51. The predicted octanol–water partition coefficient (Wildman–Crippen LogP) is 2.83. The van der Waals surface area contributed by atoms with E-state index in [0.717, 1.165) is 22.7 Å². The Bertz CT molecular complexity index is 1090. The second kappa shape index (κ2) is 6.77. The van der Waals surface area contributed by atoms with Crippen molar-refractivity contribution in [2.75, 3.05) is 12.0 Å². The second-order valence-corrected chi connectivity index (χ2v) is 7.26. The number of carbonyl (C=O) groups excluding carboxylic acids is 2. The molecule has 3 heterocycles. The molecule has 2 aliphatic rings. The Morgan fingerprint density at radius 2 is 1.93 bits per heavy atom. The minimum atomic E-state index is -0.490. The molecule has 146 valence electrons. The number of aromatic nitrogens is 2. The maximum absolute atomic E-state index is 13.0. The van der Waals surface area contributed by atoms with Crippen LogP contribution in [0.15, 0.2) is 60.9 Å². The molecule has 3 aromatic rings. The van der Waals surface area contributed by atoms with E-state index in [1.165, 1.54) is 4.90 Å². The lowest BCUT2D eigenvalue weighted by molar-refractivity contribution is -0.120. The van der Waals surface area contributed by atoms with E-state index >= 15 is 0 Å². The number of ether oxygens (including phenoxy) is 1. The molecular weight excluding hydrogens is 368 g/mol. The highest BCUT2D eigenvalue weighted by Gasteiger charge is 2.48. The zero-order chi connectivity index (χ0) is 20.0. The van der Waals surface area contributed by atoms with Gasteiger partial charge in [0.25, 0.3) is 5.91 Å². The smallest absolute Gasteiger partial charge is 0.332 e. The number of methoxy groups -OCH3 is 1. The number of imidazole rings is 1. The Hall–Kier alpha value is -3.61. The van der Waals surface area contributed by atoms with E-state index in [1.807, 2.05) is 47.0 Å². The van der Waals surface area contributed by atoms with Crippen LogP contribution in [0, 0.1) is 0 Å². The summed E-state index contributed by atoms with van der Waals surface area (Å²) in [7, 11) is 1.65. The van der Waals surface area contributed by atoms with Crippen molar-refractivity contribution in [1.29, 1.82) is 0 Å². The Morgan fingerprint density at radius 1 is 1.10 bits per heavy atom. The van der Waals surface area contributed by atoms with E-state index in [2.05, 4.69) is 4.98 Å². The number of amides is 3. The highest BCUT2D eigenvalue weighted by Crippen LogP contribution is 2.32. The molecule has 5 rings (SSSR count). The molecule has 2 aromatic carbocycles. The van der Waals surface area contributed by atoms with Crippen molar-refractivity contribution in [3.63, 3.8) is 0 Å². The molecule has 29 heavy (non-hydrogen) atoms. The van der Waals surface area contributed by atoms with E-state index < -0.39 is 6.04 Å². The molecular formula is C22H20N4O3. The van der Waals surface area contributed by atoms with Crippen molar-refractivity contribution in [2.45, 2.75) is 25.6 Å². The van der Waals surface area contributed by atoms with Crippen LogP contribution in [0.25, 0.3) is 0 Å². The third kappa shape index (κ3) is 2.86. The molecule has 0 radical (unpaired) electrons. The van der Waals surface area contributed by atoms with E-state index in [4.69, 9.17) is 4.74 Å². The summed E-state index contributed by atoms with van der Waals surface area (Å²) < 4.78 is 7.35. The summed E-state index contributed by atoms with van der Waals surface area (Å²) in [4.78, 5) is 33.4. The van der Waals surface area contributed by atoms with Crippen molar-refractivity contribution >= 4 is 17.6 Å². The van der Waals surface area contributed by atoms with Crippen molar-refractivity contribution in [1.82, 2.24) is 14.5 Å². The van der Waals surface area contributed by atoms with E-state index in [-0.39, 0.29) is 11.9 Å². The standard InChI is InChI=1S/C22H20N4O3/c1-29-17-9-5-6-15(10-17)12-24-14-23-18-11-19-21(27)26(16-7-3-2-4-8-16)22(28)25(19)13-20(18)24/h2-10,14,19H,11-13H2,1H3. The van der Waals surface area contributed by atoms with Gasteiger partial charge in [-0.15, -0.1) is 0 Å². The summed E-state index contributed by atoms with van der Waals surface area (Å²) in [5, 5.41) is 0. The second-order valence-electron chi connectivity index (χ2n) is 7.26. The molecule has 1 saturated heterocycles. The van der Waals surface area contributed by atoms with Gasteiger partial charge in [0.2, 0.25) is 0 Å². The molecule has 0 aliphatic carbocycles. The molecule has 7 nitrogen and oxygen atoms in total. The van der Waals surface area contributed by atoms with Gasteiger partial charge in [0, 0.05) is 13.0 Å². The van der Waals surface area contributed by atoms with E-state index in [1.54, 1.807) is 30.5 Å². The van der Waals surface area contributed by atoms with Crippen LogP contribution in [0.3, 0.4) is 0 Å². The van der Waals surface area contributed by atoms with Gasteiger partial charge < -0.3 is 14.2 Å². The fourth-order valence-electron chi connectivity index (χ4n) is 4.08. The van der Waals surface area contributed by atoms with Gasteiger partial charge in [-0.1, -0.05) is 30.3 Å². The van der Waals surface area contributed by atoms with Gasteiger partial charge in [-0.25, -0.2) is 14.7 Å². The summed E-state index contributed by atoms with van der Waals surface area (Å²) in [5.41, 5.74) is 3.54. The molecule has 0 N–H and O–H groups in total. The van der Waals surface area contributed by atoms with Gasteiger partial charge in [-0.3, -0.25) is 4.79 Å². The topological polar surface area (TPSA) is 67.7 Å². The first kappa shape index (κ1) is 17.5. The van der Waals surface area contributed by atoms with Gasteiger partial charge in [0.1, 0.15) is 11.8 Å². The monoisotopic (exact) mass is 388 g/mol. The normalized spacial score (nSPS) is 18.0. The molecule has 1 unspecified atom stereocenters. The summed E-state index contributed by atoms with van der Waals surface area (Å²) in [6, 6.07) is 16.2. The summed E-state index contributed by atoms with van der Waals surface area (Å²) in [6.45, 7) is 1.00. The molecule has 1 atom stereocenters. The Balaban J connectivity index is 1.43. The van der Waals surface area contributed by atoms with Gasteiger partial charge in [0.05, 0.1) is 37.1 Å². The van der Waals surface area contributed by atoms with Crippen LogP contribution in [-0.2, 0) is 24.3 Å². The van der Waals surface area contributed by atoms with Crippen LogP contribution in [-0.4, -0.2) is 39.5 Å². The van der Waals surface area contributed by atoms with Crippen molar-refractivity contribution in [3.05, 3.63) is 77.9 Å². The van der Waals surface area contributed by atoms with Crippen LogP contribution in [0.5, 0.6) is 5.75 Å². The van der Waals surface area contributed by atoms with Gasteiger partial charge >= 0.3 is 6.03 Å². The molecule has 7 heteroatoms. The first-order valence-electron chi connectivity index (χ1n) is 9.51. The van der Waals surface area contributed by atoms with Gasteiger partial charge in [-0.05, 0) is 29.8 Å². The largest absolute Gasteiger partial charge is 0.497 e. The Morgan fingerprint density at radius 3 is 2.72 bits per heavy atom. The van der Waals surface area contributed by atoms with Gasteiger partial charge in [0.15, 0.2) is 0 Å². The third-order valence-corrected chi connectivity index (χ3v) is 5.56. The zero-order valence-electron chi connectivity index (χ0n) is 16.0. The maximum Gasteiger partial charge on any atom is 0.332 e. The van der Waals surface area contributed by atoms with E-state index in [9.17, 15) is 9.59 Å². The van der Waals surface area contributed by atoms with Crippen molar-refractivity contribution in [2.24, 2.45) is 0 Å². The molecule has 0 spiro atoms. The molecule has 0 bridgehead atoms. The zero-order valence-corrected chi connectivity index (χ0v) is 16.0. The fourth-order valence-corrected chi connectivity index (χ4v) is 4.08. The van der Waals surface area contributed by atoms with Crippen LogP contribution in [0.1, 0.15) is 17.0 Å². The van der Waals surface area contributed by atoms with E-state index in [0.29, 0.717) is 25.2 Å². The fraction of sp³-hybridized carbons (Fsp3) is 0.227. The Labute approximate surface area is 168 Å². The maximum atomic E-state index is 13.0. The van der Waals surface area contributed by atoms with Crippen LogP contribution >= 0.6 is 0 Å². The molecule has 3 amide bonds. The number of para-hydroxylation sites is 1. The summed E-state index contributed by atoms with van der Waals surface area (Å²) >= 11 is 0. The number of fused-ring (bicyclic) bond motifs is 2. The number of carbonyl (C=O) groups is 2. The quantitative estimate of drug-likeness (QED) is 0.645. The lowest BCUT2D eigenvalue weighted by Crippen LogP contribution is -2.40. The summed E-state index contributed by atoms with van der Waals surface area (Å²) in [5.74, 6) is 0.615. The minimum absolute atomic E-state index is 0.186. The number of hydrogen-bond acceptors (Lipinski definition) is 4. The predicted molar refractivity (Wildman–Crippen MR) is 107 cm³/mol. The minimum Gasteiger partial charge on any atom is -0.497 e. The highest BCUT2D eigenvalue weighted by molar-refractivity contribution is 6.21. The number of anilines is 1. The van der Waals surface area contributed by atoms with Gasteiger partial charge in [-0.2, -0.15) is 0 Å². The lowest BCUT2D eigenvalue weighted by atomic mass is 10.0. The molecule has 0 saturated carbocycles. The molecule has 1 fully saturated rings. The van der Waals surface area contributed by atoms with Crippen molar-refractivity contribution < 1.29 is 14.3 Å². The van der Waals surface area contributed by atoms with Crippen LogP contribution in [0.2, 0.25) is 0 Å². The Kier molecular flexibility index (Phi) is 4.08. The highest BCUT2D eigenvalue weighted by atomic mass is 16.5. The number of nitrogens with zero attached hydrogens (tertiary/aromatic N) is 4. The number of benzene rings is 2. The lowest BCUT2D eigenvalue weighted by Gasteiger charge is -2.27. The third-order valence-electron chi connectivity index (χ3n) is 5.56. The number of urea groups is 1. The summed E-state index contributed by atoms with van der Waals surface area (Å²) in [6.07, 6.45) is 2.23. The SMILES string of the molecule is COc1cccc(Cn2cnc3c2CN2C(=O)N(c4ccccc4)C(=O)C2C3)c1. The average molecular weight is 388 g/mol. The van der Waals surface area contributed by atoms with Crippen LogP contribution < -0.4 is 9.64 Å². The first-order chi connectivity index (χ1) is 14.2. The number of hydrogen-bond donors (Lipinski definition) is 0. The average Bonchev–Trinajstić information content (AvgIpc) is 3.26. The number of rotatable bonds is 4. The molecule has 1 aromatic heterocycles. The van der Waals surface area contributed by atoms with Crippen LogP contribution in [0.4, 0.5) is 10.5 Å². The number of imide groups is 1.